The van der Waals surface area contributed by atoms with E-state index in [2.05, 4.69) is 72.8 Å². The largest absolute Gasteiger partial charge is 0.396 e. The number of aliphatic hydroxyl groups excluding tert-OH is 2. The van der Waals surface area contributed by atoms with Gasteiger partial charge in [0, 0.05) is 19.1 Å². The van der Waals surface area contributed by atoms with E-state index in [1.54, 1.807) is 0 Å². The van der Waals surface area contributed by atoms with Crippen molar-refractivity contribution in [1.82, 2.24) is 0 Å². The van der Waals surface area contributed by atoms with E-state index >= 15 is 0 Å². The molecule has 0 unspecified atom stereocenters. The first-order chi connectivity index (χ1) is 14.8. The molecule has 30 heavy (non-hydrogen) atoms. The summed E-state index contributed by atoms with van der Waals surface area (Å²) in [5.41, 5.74) is 6.57. The summed E-state index contributed by atoms with van der Waals surface area (Å²) in [4.78, 5) is 0. The number of rotatable bonds is 10. The Kier molecular flexibility index (Phi) is 10.9. The lowest BCUT2D eigenvalue weighted by atomic mass is 9.98. The first-order valence-electron chi connectivity index (χ1n) is 11.2. The smallest absolute Gasteiger partial charge is 0.0481 e. The molecule has 3 aromatic rings. The third kappa shape index (κ3) is 7.78. The van der Waals surface area contributed by atoms with Crippen molar-refractivity contribution >= 4 is 0 Å². The van der Waals surface area contributed by atoms with E-state index < -0.39 is 0 Å². The molecule has 0 radical (unpaired) electrons. The van der Waals surface area contributed by atoms with Crippen molar-refractivity contribution in [2.24, 2.45) is 5.92 Å². The fourth-order valence-corrected chi connectivity index (χ4v) is 3.49. The van der Waals surface area contributed by atoms with E-state index in [1.807, 2.05) is 19.9 Å². The predicted molar refractivity (Wildman–Crippen MR) is 128 cm³/mol. The molecule has 0 aliphatic heterocycles. The molecule has 0 amide bonds. The quantitative estimate of drug-likeness (QED) is 0.429. The van der Waals surface area contributed by atoms with E-state index in [0.29, 0.717) is 0 Å². The van der Waals surface area contributed by atoms with Gasteiger partial charge in [0.2, 0.25) is 0 Å². The fraction of sp³-hybridized carbons (Fsp3) is 0.357. The van der Waals surface area contributed by atoms with Crippen molar-refractivity contribution in [2.45, 2.75) is 46.0 Å². The average Bonchev–Trinajstić information content (AvgIpc) is 2.83. The Morgan fingerprint density at radius 3 is 1.50 bits per heavy atom. The van der Waals surface area contributed by atoms with Crippen LogP contribution in [0.3, 0.4) is 0 Å². The molecule has 0 aliphatic carbocycles. The average molecular weight is 405 g/mol. The Hall–Kier alpha value is -2.42. The highest BCUT2D eigenvalue weighted by Crippen LogP contribution is 2.20. The normalized spacial score (nSPS) is 10.6. The lowest BCUT2D eigenvalue weighted by Crippen LogP contribution is -2.10. The number of benzene rings is 3. The van der Waals surface area contributed by atoms with Crippen LogP contribution in [0.5, 0.6) is 0 Å². The molecular weight excluding hydrogens is 368 g/mol. The maximum absolute atomic E-state index is 9.13. The van der Waals surface area contributed by atoms with Crippen LogP contribution in [-0.4, -0.2) is 23.4 Å². The van der Waals surface area contributed by atoms with Crippen LogP contribution in [0, 0.1) is 5.92 Å². The summed E-state index contributed by atoms with van der Waals surface area (Å²) >= 11 is 0. The molecule has 2 heteroatoms. The summed E-state index contributed by atoms with van der Waals surface area (Å²) in [5.74, 6) is 0.0209. The third-order valence-electron chi connectivity index (χ3n) is 5.38. The molecule has 160 valence electrons. The molecule has 2 N–H and O–H groups in total. The molecule has 0 aromatic heterocycles. The highest BCUT2D eigenvalue weighted by Gasteiger charge is 2.05. The minimum Gasteiger partial charge on any atom is -0.396 e. The molecule has 3 rings (SSSR count). The van der Waals surface area contributed by atoms with E-state index in [4.69, 9.17) is 10.2 Å². The van der Waals surface area contributed by atoms with Gasteiger partial charge < -0.3 is 10.2 Å². The first-order valence-corrected chi connectivity index (χ1v) is 11.2. The maximum atomic E-state index is 9.13. The second-order valence-electron chi connectivity index (χ2n) is 7.50. The standard InChI is InChI=1S/C26H30O2.C2H6/c27-19-24(20-28)6-4-5-21-9-11-22(12-10-21)13-14-23-15-17-26(18-16-23)25-7-2-1-3-8-25;1-2/h1-3,7-12,15-18,24,27-28H,4-6,13-14,19-20H2;1-2H3. The van der Waals surface area contributed by atoms with Crippen molar-refractivity contribution in [3.05, 3.63) is 95.6 Å². The van der Waals surface area contributed by atoms with Gasteiger partial charge >= 0.3 is 0 Å². The first kappa shape index (κ1) is 23.9. The molecule has 0 saturated heterocycles. The molecule has 2 nitrogen and oxygen atoms in total. The summed E-state index contributed by atoms with van der Waals surface area (Å²) in [6.45, 7) is 4.14. The van der Waals surface area contributed by atoms with Crippen LogP contribution < -0.4 is 0 Å². The summed E-state index contributed by atoms with van der Waals surface area (Å²) in [5, 5.41) is 18.3. The van der Waals surface area contributed by atoms with Gasteiger partial charge in [0.05, 0.1) is 0 Å². The van der Waals surface area contributed by atoms with Gasteiger partial charge in [-0.15, -0.1) is 0 Å². The molecule has 0 bridgehead atoms. The predicted octanol–water partition coefficient (Wildman–Crippen LogP) is 6.09. The van der Waals surface area contributed by atoms with Crippen LogP contribution in [-0.2, 0) is 19.3 Å². The van der Waals surface area contributed by atoms with Crippen molar-refractivity contribution in [3.63, 3.8) is 0 Å². The van der Waals surface area contributed by atoms with Gasteiger partial charge in [-0.25, -0.2) is 0 Å². The second-order valence-corrected chi connectivity index (χ2v) is 7.50. The fourth-order valence-electron chi connectivity index (χ4n) is 3.49. The minimum absolute atomic E-state index is 0.0209. The minimum atomic E-state index is 0.0209. The summed E-state index contributed by atoms with van der Waals surface area (Å²) in [6, 6.07) is 28.2. The van der Waals surface area contributed by atoms with Crippen LogP contribution in [0.25, 0.3) is 11.1 Å². The number of hydrogen-bond donors (Lipinski definition) is 2. The Bertz CT molecular complexity index is 804. The lowest BCUT2D eigenvalue weighted by Gasteiger charge is -2.10. The van der Waals surface area contributed by atoms with E-state index in [0.717, 1.165) is 32.1 Å². The van der Waals surface area contributed by atoms with Gasteiger partial charge in [0.1, 0.15) is 0 Å². The Labute approximate surface area is 182 Å². The van der Waals surface area contributed by atoms with Crippen molar-refractivity contribution < 1.29 is 10.2 Å². The third-order valence-corrected chi connectivity index (χ3v) is 5.38. The second kappa shape index (κ2) is 13.7. The number of aliphatic hydroxyl groups is 2. The van der Waals surface area contributed by atoms with Gasteiger partial charge in [-0.3, -0.25) is 0 Å². The van der Waals surface area contributed by atoms with E-state index in [-0.39, 0.29) is 19.1 Å². The van der Waals surface area contributed by atoms with Crippen molar-refractivity contribution in [1.29, 1.82) is 0 Å². The van der Waals surface area contributed by atoms with Gasteiger partial charge in [-0.05, 0) is 59.9 Å². The molecule has 0 atom stereocenters. The zero-order chi connectivity index (χ0) is 21.6. The Balaban J connectivity index is 0.00000155. The maximum Gasteiger partial charge on any atom is 0.0481 e. The van der Waals surface area contributed by atoms with Crippen LogP contribution >= 0.6 is 0 Å². The van der Waals surface area contributed by atoms with Gasteiger partial charge in [-0.1, -0.05) is 92.7 Å². The lowest BCUT2D eigenvalue weighted by molar-refractivity contribution is 0.142. The molecular formula is C28H36O2. The Morgan fingerprint density at radius 2 is 1.00 bits per heavy atom. The molecule has 0 saturated carbocycles. The monoisotopic (exact) mass is 404 g/mol. The zero-order valence-corrected chi connectivity index (χ0v) is 18.4. The molecule has 3 aromatic carbocycles. The highest BCUT2D eigenvalue weighted by atomic mass is 16.3. The summed E-state index contributed by atoms with van der Waals surface area (Å²) < 4.78 is 0. The SMILES string of the molecule is CC.OCC(CO)CCCc1ccc(CCc2ccc(-c3ccccc3)cc2)cc1. The molecule has 0 aliphatic rings. The number of aryl methyl sites for hydroxylation is 3. The van der Waals surface area contributed by atoms with Gasteiger partial charge in [-0.2, -0.15) is 0 Å². The van der Waals surface area contributed by atoms with Crippen LogP contribution in [0.4, 0.5) is 0 Å². The van der Waals surface area contributed by atoms with Crippen LogP contribution in [0.15, 0.2) is 78.9 Å². The van der Waals surface area contributed by atoms with Crippen LogP contribution in [0.2, 0.25) is 0 Å². The Morgan fingerprint density at radius 1 is 0.567 bits per heavy atom. The van der Waals surface area contributed by atoms with Crippen LogP contribution in [0.1, 0.15) is 43.4 Å². The molecule has 0 fully saturated rings. The van der Waals surface area contributed by atoms with E-state index in [9.17, 15) is 0 Å². The summed E-state index contributed by atoms with van der Waals surface area (Å²) in [6.07, 6.45) is 4.95. The highest BCUT2D eigenvalue weighted by molar-refractivity contribution is 5.63. The topological polar surface area (TPSA) is 40.5 Å². The van der Waals surface area contributed by atoms with Crippen molar-refractivity contribution in [2.75, 3.05) is 13.2 Å². The number of hydrogen-bond acceptors (Lipinski definition) is 2. The molecule has 0 spiro atoms. The molecule has 0 heterocycles. The van der Waals surface area contributed by atoms with Crippen molar-refractivity contribution in [3.8, 4) is 11.1 Å². The van der Waals surface area contributed by atoms with E-state index in [1.165, 1.54) is 27.8 Å². The zero-order valence-electron chi connectivity index (χ0n) is 18.4. The van der Waals surface area contributed by atoms with Gasteiger partial charge in [0.25, 0.3) is 0 Å². The van der Waals surface area contributed by atoms with Gasteiger partial charge in [0.15, 0.2) is 0 Å². The summed E-state index contributed by atoms with van der Waals surface area (Å²) in [7, 11) is 0.